The van der Waals surface area contributed by atoms with Crippen molar-refractivity contribution in [2.45, 2.75) is 25.8 Å². The summed E-state index contributed by atoms with van der Waals surface area (Å²) in [6, 6.07) is 10.8. The molecule has 126 valence electrons. The number of aromatic nitrogens is 2. The third kappa shape index (κ3) is 3.62. The molecule has 1 aromatic carbocycles. The van der Waals surface area contributed by atoms with Crippen molar-refractivity contribution in [1.29, 1.82) is 0 Å². The fourth-order valence-corrected chi connectivity index (χ4v) is 4.89. The van der Waals surface area contributed by atoms with E-state index in [1.807, 2.05) is 31.2 Å². The lowest BCUT2D eigenvalue weighted by molar-refractivity contribution is 0.0915. The summed E-state index contributed by atoms with van der Waals surface area (Å²) < 4.78 is 23.3. The molecule has 2 heterocycles. The molecule has 24 heavy (non-hydrogen) atoms. The zero-order valence-corrected chi connectivity index (χ0v) is 14.4. The number of carbonyl (C=O) groups is 1. The Hall–Kier alpha value is -2.28. The Kier molecular flexibility index (Phi) is 4.13. The first-order valence-electron chi connectivity index (χ1n) is 7.70. The summed E-state index contributed by atoms with van der Waals surface area (Å²) >= 11 is 0. The van der Waals surface area contributed by atoms with Crippen LogP contribution in [0.3, 0.4) is 0 Å². The maximum atomic E-state index is 12.4. The number of sulfone groups is 1. The summed E-state index contributed by atoms with van der Waals surface area (Å²) in [5.41, 5.74) is 2.24. The summed E-state index contributed by atoms with van der Waals surface area (Å²) in [6.07, 6.45) is 0.443. The van der Waals surface area contributed by atoms with E-state index in [0.717, 1.165) is 17.0 Å². The number of rotatable bonds is 3. The molecule has 3 rings (SSSR count). The zero-order chi connectivity index (χ0) is 17.4. The van der Waals surface area contributed by atoms with Crippen LogP contribution in [-0.4, -0.2) is 41.6 Å². The molecule has 0 radical (unpaired) electrons. The Labute approximate surface area is 141 Å². The SMILES string of the molecule is Cc1ccc(-c2ccc(C(=O)NC3(C)CCS(=O)(=O)C3)cc2)nn1. The Bertz CT molecular complexity index is 861. The third-order valence-corrected chi connectivity index (χ3v) is 6.06. The zero-order valence-electron chi connectivity index (χ0n) is 13.6. The van der Waals surface area contributed by atoms with Gasteiger partial charge < -0.3 is 5.32 Å². The van der Waals surface area contributed by atoms with E-state index in [1.165, 1.54) is 0 Å². The van der Waals surface area contributed by atoms with Gasteiger partial charge in [-0.2, -0.15) is 10.2 Å². The second-order valence-corrected chi connectivity index (χ2v) is 8.68. The van der Waals surface area contributed by atoms with Crippen LogP contribution in [0, 0.1) is 6.92 Å². The van der Waals surface area contributed by atoms with Gasteiger partial charge >= 0.3 is 0 Å². The average molecular weight is 345 g/mol. The molecule has 1 saturated heterocycles. The second kappa shape index (κ2) is 5.98. The van der Waals surface area contributed by atoms with Crippen LogP contribution in [0.2, 0.25) is 0 Å². The predicted molar refractivity (Wildman–Crippen MR) is 91.3 cm³/mol. The van der Waals surface area contributed by atoms with E-state index in [0.29, 0.717) is 12.0 Å². The Morgan fingerprint density at radius 1 is 1.12 bits per heavy atom. The monoisotopic (exact) mass is 345 g/mol. The average Bonchev–Trinajstić information content (AvgIpc) is 2.81. The lowest BCUT2D eigenvalue weighted by Crippen LogP contribution is -2.46. The first-order valence-corrected chi connectivity index (χ1v) is 9.52. The maximum absolute atomic E-state index is 12.4. The van der Waals surface area contributed by atoms with Crippen LogP contribution in [0.4, 0.5) is 0 Å². The van der Waals surface area contributed by atoms with Crippen molar-refractivity contribution in [1.82, 2.24) is 15.5 Å². The van der Waals surface area contributed by atoms with Crippen LogP contribution < -0.4 is 5.32 Å². The second-order valence-electron chi connectivity index (χ2n) is 6.49. The Morgan fingerprint density at radius 3 is 2.38 bits per heavy atom. The molecule has 2 aromatic rings. The number of amides is 1. The minimum atomic E-state index is -3.06. The van der Waals surface area contributed by atoms with Crippen molar-refractivity contribution in [2.75, 3.05) is 11.5 Å². The van der Waals surface area contributed by atoms with Crippen LogP contribution in [-0.2, 0) is 9.84 Å². The molecular weight excluding hydrogens is 326 g/mol. The van der Waals surface area contributed by atoms with Gasteiger partial charge in [0, 0.05) is 11.1 Å². The molecule has 1 fully saturated rings. The number of carbonyl (C=O) groups excluding carboxylic acids is 1. The molecular formula is C17H19N3O3S. The molecule has 1 aromatic heterocycles. The largest absolute Gasteiger partial charge is 0.346 e. The summed E-state index contributed by atoms with van der Waals surface area (Å²) in [5.74, 6) is -0.159. The highest BCUT2D eigenvalue weighted by Gasteiger charge is 2.39. The third-order valence-electron chi connectivity index (χ3n) is 4.16. The van der Waals surface area contributed by atoms with Gasteiger partial charge in [-0.05, 0) is 44.5 Å². The fourth-order valence-electron chi connectivity index (χ4n) is 2.80. The topological polar surface area (TPSA) is 89.0 Å². The molecule has 0 spiro atoms. The molecule has 1 atom stereocenters. The van der Waals surface area contributed by atoms with Crippen molar-refractivity contribution in [2.24, 2.45) is 0 Å². The molecule has 0 saturated carbocycles. The molecule has 1 aliphatic heterocycles. The van der Waals surface area contributed by atoms with E-state index in [4.69, 9.17) is 0 Å². The van der Waals surface area contributed by atoms with E-state index < -0.39 is 15.4 Å². The van der Waals surface area contributed by atoms with Crippen LogP contribution in [0.5, 0.6) is 0 Å². The highest BCUT2D eigenvalue weighted by Crippen LogP contribution is 2.24. The van der Waals surface area contributed by atoms with Crippen molar-refractivity contribution >= 4 is 15.7 Å². The summed E-state index contributed by atoms with van der Waals surface area (Å²) in [7, 11) is -3.06. The van der Waals surface area contributed by atoms with Crippen molar-refractivity contribution < 1.29 is 13.2 Å². The highest BCUT2D eigenvalue weighted by molar-refractivity contribution is 7.91. The van der Waals surface area contributed by atoms with Gasteiger partial charge in [0.05, 0.1) is 28.4 Å². The molecule has 0 aliphatic carbocycles. The van der Waals surface area contributed by atoms with Gasteiger partial charge in [0.15, 0.2) is 9.84 Å². The van der Waals surface area contributed by atoms with E-state index >= 15 is 0 Å². The lowest BCUT2D eigenvalue weighted by Gasteiger charge is -2.23. The van der Waals surface area contributed by atoms with Gasteiger partial charge in [-0.15, -0.1) is 0 Å². The van der Waals surface area contributed by atoms with E-state index in [9.17, 15) is 13.2 Å². The molecule has 7 heteroatoms. The molecule has 1 aliphatic rings. The molecule has 1 N–H and O–H groups in total. The van der Waals surface area contributed by atoms with Crippen LogP contribution in [0.1, 0.15) is 29.4 Å². The smallest absolute Gasteiger partial charge is 0.251 e. The first kappa shape index (κ1) is 16.6. The summed E-state index contributed by atoms with van der Waals surface area (Å²) in [6.45, 7) is 3.64. The quantitative estimate of drug-likeness (QED) is 0.915. The summed E-state index contributed by atoms with van der Waals surface area (Å²) in [4.78, 5) is 12.4. The van der Waals surface area contributed by atoms with Gasteiger partial charge in [-0.1, -0.05) is 12.1 Å². The normalized spacial score (nSPS) is 22.2. The van der Waals surface area contributed by atoms with Crippen molar-refractivity contribution in [3.63, 3.8) is 0 Å². The Morgan fingerprint density at radius 2 is 1.83 bits per heavy atom. The van der Waals surface area contributed by atoms with Gasteiger partial charge in [-0.25, -0.2) is 8.42 Å². The van der Waals surface area contributed by atoms with E-state index in [2.05, 4.69) is 15.5 Å². The molecule has 1 unspecified atom stereocenters. The maximum Gasteiger partial charge on any atom is 0.251 e. The molecule has 0 bridgehead atoms. The highest BCUT2D eigenvalue weighted by atomic mass is 32.2. The lowest BCUT2D eigenvalue weighted by atomic mass is 10.0. The van der Waals surface area contributed by atoms with E-state index in [-0.39, 0.29) is 17.4 Å². The Balaban J connectivity index is 1.73. The molecule has 6 nitrogen and oxygen atoms in total. The number of benzene rings is 1. The fraction of sp³-hybridized carbons (Fsp3) is 0.353. The van der Waals surface area contributed by atoms with Crippen LogP contribution in [0.25, 0.3) is 11.3 Å². The molecule has 1 amide bonds. The minimum Gasteiger partial charge on any atom is -0.346 e. The number of aryl methyl sites for hydroxylation is 1. The number of hydrogen-bond donors (Lipinski definition) is 1. The number of nitrogens with zero attached hydrogens (tertiary/aromatic N) is 2. The van der Waals surface area contributed by atoms with E-state index in [1.54, 1.807) is 19.1 Å². The first-order chi connectivity index (χ1) is 11.3. The number of nitrogens with one attached hydrogen (secondary N) is 1. The van der Waals surface area contributed by atoms with Crippen LogP contribution in [0.15, 0.2) is 36.4 Å². The predicted octanol–water partition coefficient (Wildman–Crippen LogP) is 1.76. The summed E-state index contributed by atoms with van der Waals surface area (Å²) in [5, 5.41) is 11.0. The van der Waals surface area contributed by atoms with Gasteiger partial charge in [0.1, 0.15) is 0 Å². The van der Waals surface area contributed by atoms with Gasteiger partial charge in [0.2, 0.25) is 0 Å². The standard InChI is InChI=1S/C17H19N3O3S/c1-12-3-8-15(20-19-12)13-4-6-14(7-5-13)16(21)18-17(2)9-10-24(22,23)11-17/h3-8H,9-11H2,1-2H3,(H,18,21). The van der Waals surface area contributed by atoms with Crippen molar-refractivity contribution in [3.8, 4) is 11.3 Å². The van der Waals surface area contributed by atoms with Crippen molar-refractivity contribution in [3.05, 3.63) is 47.7 Å². The van der Waals surface area contributed by atoms with Gasteiger partial charge in [-0.3, -0.25) is 4.79 Å². The van der Waals surface area contributed by atoms with Crippen LogP contribution >= 0.6 is 0 Å². The minimum absolute atomic E-state index is 0.0111. The van der Waals surface area contributed by atoms with Gasteiger partial charge in [0.25, 0.3) is 5.91 Å². The number of hydrogen-bond acceptors (Lipinski definition) is 5.